The summed E-state index contributed by atoms with van der Waals surface area (Å²) in [5, 5.41) is 0. The highest BCUT2D eigenvalue weighted by atomic mass is 16.6. The summed E-state index contributed by atoms with van der Waals surface area (Å²) >= 11 is 0. The van der Waals surface area contributed by atoms with E-state index in [4.69, 9.17) is 14.2 Å². The van der Waals surface area contributed by atoms with Crippen molar-refractivity contribution in [2.45, 2.75) is 32.5 Å². The van der Waals surface area contributed by atoms with Crippen molar-refractivity contribution in [3.8, 4) is 0 Å². The van der Waals surface area contributed by atoms with Crippen molar-refractivity contribution in [3.05, 3.63) is 35.9 Å². The summed E-state index contributed by atoms with van der Waals surface area (Å²) in [6.07, 6.45) is 1.14. The molecule has 0 saturated carbocycles. The summed E-state index contributed by atoms with van der Waals surface area (Å²) in [6.45, 7) is 3.35. The number of hydrogen-bond donors (Lipinski definition) is 0. The zero-order chi connectivity index (χ0) is 16.5. The van der Waals surface area contributed by atoms with Gasteiger partial charge in [-0.15, -0.1) is 0 Å². The molecule has 0 aromatic heterocycles. The van der Waals surface area contributed by atoms with Crippen LogP contribution in [0.2, 0.25) is 0 Å². The normalized spacial score (nSPS) is 17.6. The lowest BCUT2D eigenvalue weighted by Gasteiger charge is -2.31. The highest BCUT2D eigenvalue weighted by Crippen LogP contribution is 2.15. The van der Waals surface area contributed by atoms with E-state index < -0.39 is 0 Å². The summed E-state index contributed by atoms with van der Waals surface area (Å²) in [5.74, 6) is -0.378. The van der Waals surface area contributed by atoms with Crippen molar-refractivity contribution in [3.63, 3.8) is 0 Å². The second kappa shape index (κ2) is 9.15. The maximum Gasteiger partial charge on any atom is 0.410 e. The quantitative estimate of drug-likeness (QED) is 0.753. The fourth-order valence-corrected chi connectivity index (χ4v) is 2.44. The third-order valence-corrected chi connectivity index (χ3v) is 3.58. The van der Waals surface area contributed by atoms with E-state index in [-0.39, 0.29) is 31.4 Å². The molecule has 2 rings (SSSR count). The van der Waals surface area contributed by atoms with Gasteiger partial charge in [-0.05, 0) is 25.3 Å². The second-order valence-corrected chi connectivity index (χ2v) is 5.37. The van der Waals surface area contributed by atoms with E-state index in [0.717, 1.165) is 18.4 Å². The molecule has 6 nitrogen and oxygen atoms in total. The molecule has 0 N–H and O–H groups in total. The minimum Gasteiger partial charge on any atom is -0.464 e. The number of likely N-dealkylation sites (tertiary alicyclic amines) is 1. The number of piperidine rings is 1. The highest BCUT2D eigenvalue weighted by molar-refractivity contribution is 5.70. The summed E-state index contributed by atoms with van der Waals surface area (Å²) in [6, 6.07) is 9.55. The van der Waals surface area contributed by atoms with Gasteiger partial charge in [0, 0.05) is 6.54 Å². The predicted octanol–water partition coefficient (Wildman–Crippen LogP) is 2.37. The Morgan fingerprint density at radius 1 is 1.22 bits per heavy atom. The van der Waals surface area contributed by atoms with E-state index in [0.29, 0.717) is 19.7 Å². The van der Waals surface area contributed by atoms with Gasteiger partial charge in [-0.2, -0.15) is 0 Å². The Balaban J connectivity index is 1.74. The van der Waals surface area contributed by atoms with Crippen LogP contribution in [0.4, 0.5) is 4.79 Å². The molecule has 0 radical (unpaired) electrons. The lowest BCUT2D eigenvalue weighted by molar-refractivity contribution is -0.151. The Morgan fingerprint density at radius 3 is 2.74 bits per heavy atom. The van der Waals surface area contributed by atoms with Gasteiger partial charge in [-0.25, -0.2) is 9.59 Å². The van der Waals surface area contributed by atoms with Gasteiger partial charge in [0.05, 0.1) is 19.3 Å². The second-order valence-electron chi connectivity index (χ2n) is 5.37. The highest BCUT2D eigenvalue weighted by Gasteiger charge is 2.25. The minimum atomic E-state index is -0.378. The topological polar surface area (TPSA) is 65.1 Å². The molecule has 0 bridgehead atoms. The Morgan fingerprint density at radius 2 is 2.00 bits per heavy atom. The van der Waals surface area contributed by atoms with Gasteiger partial charge in [0.2, 0.25) is 0 Å². The molecule has 0 aliphatic carbocycles. The molecule has 0 spiro atoms. The molecule has 1 aromatic rings. The standard InChI is InChI=1S/C17H23NO5/c1-2-21-16(19)13-22-15-9-6-10-18(11-15)17(20)23-12-14-7-4-3-5-8-14/h3-5,7-8,15H,2,6,9-13H2,1H3/t15-/m1/s1. The molecule has 1 aliphatic rings. The molecule has 6 heteroatoms. The van der Waals surface area contributed by atoms with Gasteiger partial charge >= 0.3 is 12.1 Å². The van der Waals surface area contributed by atoms with Crippen molar-refractivity contribution >= 4 is 12.1 Å². The summed E-state index contributed by atoms with van der Waals surface area (Å²) in [5.41, 5.74) is 0.952. The van der Waals surface area contributed by atoms with E-state index in [2.05, 4.69) is 0 Å². The average molecular weight is 321 g/mol. The van der Waals surface area contributed by atoms with Crippen LogP contribution < -0.4 is 0 Å². The number of carbonyl (C=O) groups excluding carboxylic acids is 2. The third-order valence-electron chi connectivity index (χ3n) is 3.58. The molecule has 1 atom stereocenters. The lowest BCUT2D eigenvalue weighted by atomic mass is 10.1. The van der Waals surface area contributed by atoms with Gasteiger partial charge in [-0.1, -0.05) is 30.3 Å². The van der Waals surface area contributed by atoms with Crippen LogP contribution in [0.1, 0.15) is 25.3 Å². The first-order chi connectivity index (χ1) is 11.2. The Kier molecular flexibility index (Phi) is 6.87. The molecule has 0 unspecified atom stereocenters. The summed E-state index contributed by atoms with van der Waals surface area (Å²) in [4.78, 5) is 25.0. The SMILES string of the molecule is CCOC(=O)CO[C@@H]1CCCN(C(=O)OCc2ccccc2)C1. The fourth-order valence-electron chi connectivity index (χ4n) is 2.44. The Bertz CT molecular complexity index is 505. The van der Waals surface area contributed by atoms with E-state index >= 15 is 0 Å². The number of esters is 1. The monoisotopic (exact) mass is 321 g/mol. The largest absolute Gasteiger partial charge is 0.464 e. The third kappa shape index (κ3) is 5.90. The number of benzene rings is 1. The van der Waals surface area contributed by atoms with Crippen LogP contribution in [0.3, 0.4) is 0 Å². The van der Waals surface area contributed by atoms with Crippen LogP contribution in [0.5, 0.6) is 0 Å². The molecule has 1 aliphatic heterocycles. The molecule has 23 heavy (non-hydrogen) atoms. The Hall–Kier alpha value is -2.08. The first kappa shape index (κ1) is 17.3. The van der Waals surface area contributed by atoms with E-state index in [1.165, 1.54) is 0 Å². The van der Waals surface area contributed by atoms with Gasteiger partial charge in [-0.3, -0.25) is 0 Å². The zero-order valence-electron chi connectivity index (χ0n) is 13.4. The first-order valence-corrected chi connectivity index (χ1v) is 7.92. The van der Waals surface area contributed by atoms with Crippen molar-refractivity contribution < 1.29 is 23.8 Å². The van der Waals surface area contributed by atoms with E-state index in [1.807, 2.05) is 30.3 Å². The Labute approximate surface area is 136 Å². The molecule has 126 valence electrons. The van der Waals surface area contributed by atoms with Gasteiger partial charge in [0.25, 0.3) is 0 Å². The van der Waals surface area contributed by atoms with Gasteiger partial charge < -0.3 is 19.1 Å². The molecular weight excluding hydrogens is 298 g/mol. The average Bonchev–Trinajstić information content (AvgIpc) is 2.59. The smallest absolute Gasteiger partial charge is 0.410 e. The van der Waals surface area contributed by atoms with Crippen molar-refractivity contribution in [2.75, 3.05) is 26.3 Å². The molecule has 1 heterocycles. The van der Waals surface area contributed by atoms with E-state index in [9.17, 15) is 9.59 Å². The first-order valence-electron chi connectivity index (χ1n) is 7.92. The zero-order valence-corrected chi connectivity index (χ0v) is 13.4. The van der Waals surface area contributed by atoms with Crippen LogP contribution in [-0.2, 0) is 25.6 Å². The molecule has 1 amide bonds. The number of carbonyl (C=O) groups is 2. The number of nitrogens with zero attached hydrogens (tertiary/aromatic N) is 1. The van der Waals surface area contributed by atoms with Crippen LogP contribution in [0.25, 0.3) is 0 Å². The van der Waals surface area contributed by atoms with Gasteiger partial charge in [0.1, 0.15) is 13.2 Å². The van der Waals surface area contributed by atoms with Crippen molar-refractivity contribution in [1.82, 2.24) is 4.90 Å². The van der Waals surface area contributed by atoms with Crippen molar-refractivity contribution in [1.29, 1.82) is 0 Å². The van der Waals surface area contributed by atoms with Gasteiger partial charge in [0.15, 0.2) is 0 Å². The van der Waals surface area contributed by atoms with Crippen LogP contribution in [-0.4, -0.2) is 49.4 Å². The number of rotatable bonds is 6. The predicted molar refractivity (Wildman–Crippen MR) is 83.8 cm³/mol. The summed E-state index contributed by atoms with van der Waals surface area (Å²) < 4.78 is 15.7. The van der Waals surface area contributed by atoms with Crippen LogP contribution >= 0.6 is 0 Å². The van der Waals surface area contributed by atoms with Crippen molar-refractivity contribution in [2.24, 2.45) is 0 Å². The summed E-state index contributed by atoms with van der Waals surface area (Å²) in [7, 11) is 0. The van der Waals surface area contributed by atoms with Crippen LogP contribution in [0, 0.1) is 0 Å². The maximum absolute atomic E-state index is 12.1. The molecule has 1 fully saturated rings. The lowest BCUT2D eigenvalue weighted by Crippen LogP contribution is -2.44. The minimum absolute atomic E-state index is 0.0780. The number of ether oxygens (including phenoxy) is 3. The fraction of sp³-hybridized carbons (Fsp3) is 0.529. The number of amides is 1. The number of hydrogen-bond acceptors (Lipinski definition) is 5. The van der Waals surface area contributed by atoms with E-state index in [1.54, 1.807) is 11.8 Å². The maximum atomic E-state index is 12.1. The molecule has 1 saturated heterocycles. The van der Waals surface area contributed by atoms with Crippen LogP contribution in [0.15, 0.2) is 30.3 Å². The molecule has 1 aromatic carbocycles. The molecular formula is C17H23NO5.